The van der Waals surface area contributed by atoms with E-state index in [9.17, 15) is 9.59 Å². The number of primary amides is 1. The van der Waals surface area contributed by atoms with Crippen LogP contribution in [0.4, 0.5) is 5.00 Å². The van der Waals surface area contributed by atoms with Gasteiger partial charge in [0.15, 0.2) is 11.0 Å². The van der Waals surface area contributed by atoms with E-state index in [-0.39, 0.29) is 11.7 Å². The molecule has 0 saturated carbocycles. The minimum absolute atomic E-state index is 0.118. The number of thioether (sulfide) groups is 1. The van der Waals surface area contributed by atoms with Gasteiger partial charge in [-0.15, -0.1) is 28.1 Å². The highest BCUT2D eigenvalue weighted by Gasteiger charge is 2.27. The summed E-state index contributed by atoms with van der Waals surface area (Å²) in [6.45, 7) is 6.50. The molecule has 1 unspecified atom stereocenters. The van der Waals surface area contributed by atoms with Crippen molar-refractivity contribution >= 4 is 51.5 Å². The number of anilines is 1. The predicted octanol–water partition coefficient (Wildman–Crippen LogP) is 4.80. The van der Waals surface area contributed by atoms with Crippen LogP contribution in [0.5, 0.6) is 0 Å². The maximum absolute atomic E-state index is 12.8. The number of hydrogen-bond acceptors (Lipinski definition) is 6. The van der Waals surface area contributed by atoms with Crippen molar-refractivity contribution in [2.75, 3.05) is 11.1 Å². The lowest BCUT2D eigenvalue weighted by molar-refractivity contribution is -0.113. The van der Waals surface area contributed by atoms with Gasteiger partial charge in [0.25, 0.3) is 5.91 Å². The SMILES string of the molecule is C=CCn1c(SCC(=O)Nc2sc3c(c2C(N)=O)CCC(C)C3)nnc1-c1ccc(Cl)cc1. The Kier molecular flexibility index (Phi) is 7.21. The van der Waals surface area contributed by atoms with E-state index < -0.39 is 5.91 Å². The number of amides is 2. The Balaban J connectivity index is 1.49. The Morgan fingerprint density at radius 1 is 1.36 bits per heavy atom. The molecule has 1 aliphatic rings. The molecule has 1 aliphatic carbocycles. The average molecular weight is 502 g/mol. The molecule has 33 heavy (non-hydrogen) atoms. The van der Waals surface area contributed by atoms with Gasteiger partial charge in [0, 0.05) is 22.0 Å². The normalized spacial score (nSPS) is 15.2. The fourth-order valence-electron chi connectivity index (χ4n) is 3.89. The quantitative estimate of drug-likeness (QED) is 0.341. The molecule has 0 fully saturated rings. The first-order chi connectivity index (χ1) is 15.9. The summed E-state index contributed by atoms with van der Waals surface area (Å²) in [6, 6.07) is 7.33. The van der Waals surface area contributed by atoms with E-state index in [2.05, 4.69) is 29.0 Å². The van der Waals surface area contributed by atoms with Gasteiger partial charge in [-0.1, -0.05) is 36.4 Å². The number of nitrogens with two attached hydrogens (primary N) is 1. The number of hydrogen-bond donors (Lipinski definition) is 2. The number of allylic oxidation sites excluding steroid dienone is 1. The summed E-state index contributed by atoms with van der Waals surface area (Å²) in [6.07, 6.45) is 4.49. The molecular weight excluding hydrogens is 478 g/mol. The minimum Gasteiger partial charge on any atom is -0.365 e. The molecule has 2 heterocycles. The Labute approximate surface area is 205 Å². The van der Waals surface area contributed by atoms with Gasteiger partial charge in [-0.25, -0.2) is 0 Å². The van der Waals surface area contributed by atoms with Crippen LogP contribution in [0, 0.1) is 5.92 Å². The maximum atomic E-state index is 12.8. The molecule has 1 aromatic carbocycles. The van der Waals surface area contributed by atoms with E-state index in [1.807, 2.05) is 16.7 Å². The van der Waals surface area contributed by atoms with Crippen LogP contribution in [-0.4, -0.2) is 32.3 Å². The van der Waals surface area contributed by atoms with Gasteiger partial charge in [0.2, 0.25) is 5.91 Å². The van der Waals surface area contributed by atoms with Gasteiger partial charge >= 0.3 is 0 Å². The summed E-state index contributed by atoms with van der Waals surface area (Å²) < 4.78 is 1.90. The molecule has 2 aromatic heterocycles. The Hall–Kier alpha value is -2.62. The second kappa shape index (κ2) is 10.1. The zero-order chi connectivity index (χ0) is 23.5. The van der Waals surface area contributed by atoms with E-state index in [0.29, 0.717) is 39.0 Å². The lowest BCUT2D eigenvalue weighted by Crippen LogP contribution is -2.20. The molecule has 10 heteroatoms. The third kappa shape index (κ3) is 5.15. The second-order valence-electron chi connectivity index (χ2n) is 7.97. The van der Waals surface area contributed by atoms with Gasteiger partial charge in [-0.2, -0.15) is 0 Å². The fourth-order valence-corrected chi connectivity index (χ4v) is 6.20. The summed E-state index contributed by atoms with van der Waals surface area (Å²) in [7, 11) is 0. The molecule has 1 atom stereocenters. The highest BCUT2D eigenvalue weighted by atomic mass is 35.5. The van der Waals surface area contributed by atoms with Gasteiger partial charge in [-0.3, -0.25) is 14.2 Å². The van der Waals surface area contributed by atoms with E-state index >= 15 is 0 Å². The van der Waals surface area contributed by atoms with E-state index in [1.54, 1.807) is 18.2 Å². The topological polar surface area (TPSA) is 103 Å². The zero-order valence-electron chi connectivity index (χ0n) is 18.1. The predicted molar refractivity (Wildman–Crippen MR) is 134 cm³/mol. The van der Waals surface area contributed by atoms with Crippen molar-refractivity contribution in [3.05, 3.63) is 57.9 Å². The molecule has 0 bridgehead atoms. The number of halogens is 1. The first kappa shape index (κ1) is 23.5. The van der Waals surface area contributed by atoms with Crippen molar-refractivity contribution in [1.82, 2.24) is 14.8 Å². The van der Waals surface area contributed by atoms with E-state index in [0.717, 1.165) is 35.3 Å². The Bertz CT molecular complexity index is 1200. The number of benzene rings is 1. The summed E-state index contributed by atoms with van der Waals surface area (Å²) in [5.41, 5.74) is 7.97. The first-order valence-corrected chi connectivity index (χ1v) is 12.7. The number of nitrogens with one attached hydrogen (secondary N) is 1. The number of aromatic nitrogens is 3. The molecule has 0 spiro atoms. The lowest BCUT2D eigenvalue weighted by atomic mass is 9.88. The molecule has 0 aliphatic heterocycles. The van der Waals surface area contributed by atoms with Crippen LogP contribution in [-0.2, 0) is 24.2 Å². The molecule has 0 saturated heterocycles. The molecular formula is C23H24ClN5O2S2. The second-order valence-corrected chi connectivity index (χ2v) is 10.5. The lowest BCUT2D eigenvalue weighted by Gasteiger charge is -2.18. The summed E-state index contributed by atoms with van der Waals surface area (Å²) in [5.74, 6) is 0.624. The highest BCUT2D eigenvalue weighted by molar-refractivity contribution is 7.99. The van der Waals surface area contributed by atoms with Crippen molar-refractivity contribution < 1.29 is 9.59 Å². The molecule has 0 radical (unpaired) electrons. The van der Waals surface area contributed by atoms with Gasteiger partial charge in [0.05, 0.1) is 11.3 Å². The van der Waals surface area contributed by atoms with Crippen molar-refractivity contribution in [3.8, 4) is 11.4 Å². The third-order valence-electron chi connectivity index (χ3n) is 5.47. The van der Waals surface area contributed by atoms with Crippen molar-refractivity contribution in [2.24, 2.45) is 11.7 Å². The van der Waals surface area contributed by atoms with Crippen molar-refractivity contribution in [3.63, 3.8) is 0 Å². The largest absolute Gasteiger partial charge is 0.365 e. The molecule has 3 N–H and O–H groups in total. The maximum Gasteiger partial charge on any atom is 0.251 e. The molecule has 172 valence electrons. The number of carbonyl (C=O) groups excluding carboxylic acids is 2. The number of carbonyl (C=O) groups is 2. The van der Waals surface area contributed by atoms with Gasteiger partial charge in [0.1, 0.15) is 5.00 Å². The number of thiophene rings is 1. The standard InChI is InChI=1S/C23H24ClN5O2S2/c1-3-10-29-21(14-5-7-15(24)8-6-14)27-28-23(29)32-12-18(30)26-22-19(20(25)31)16-9-4-13(2)11-17(16)33-22/h3,5-8,13H,1,4,9-12H2,2H3,(H2,25,31)(H,26,30). The van der Waals surface area contributed by atoms with E-state index in [4.69, 9.17) is 17.3 Å². The van der Waals surface area contributed by atoms with Crippen molar-refractivity contribution in [2.45, 2.75) is 37.9 Å². The number of rotatable bonds is 8. The summed E-state index contributed by atoms with van der Waals surface area (Å²) in [5, 5.41) is 13.2. The van der Waals surface area contributed by atoms with Crippen LogP contribution >= 0.6 is 34.7 Å². The van der Waals surface area contributed by atoms with Crippen LogP contribution < -0.4 is 11.1 Å². The molecule has 3 aromatic rings. The number of nitrogens with zero attached hydrogens (tertiary/aromatic N) is 3. The fraction of sp³-hybridized carbons (Fsp3) is 0.304. The van der Waals surface area contributed by atoms with Crippen LogP contribution in [0.15, 0.2) is 42.1 Å². The van der Waals surface area contributed by atoms with E-state index in [1.165, 1.54) is 23.1 Å². The number of fused-ring (bicyclic) bond motifs is 1. The van der Waals surface area contributed by atoms with Gasteiger partial charge < -0.3 is 11.1 Å². The molecule has 4 rings (SSSR count). The summed E-state index contributed by atoms with van der Waals surface area (Å²) >= 11 is 8.72. The Morgan fingerprint density at radius 2 is 2.12 bits per heavy atom. The van der Waals surface area contributed by atoms with Crippen LogP contribution in [0.3, 0.4) is 0 Å². The summed E-state index contributed by atoms with van der Waals surface area (Å²) in [4.78, 5) is 26.0. The third-order valence-corrected chi connectivity index (χ3v) is 7.86. The van der Waals surface area contributed by atoms with Crippen molar-refractivity contribution in [1.29, 1.82) is 0 Å². The van der Waals surface area contributed by atoms with Crippen LogP contribution in [0.1, 0.15) is 34.1 Å². The first-order valence-electron chi connectivity index (χ1n) is 10.5. The Morgan fingerprint density at radius 3 is 2.82 bits per heavy atom. The van der Waals surface area contributed by atoms with Crippen LogP contribution in [0.2, 0.25) is 5.02 Å². The van der Waals surface area contributed by atoms with Crippen LogP contribution in [0.25, 0.3) is 11.4 Å². The smallest absolute Gasteiger partial charge is 0.251 e. The minimum atomic E-state index is -0.497. The monoisotopic (exact) mass is 501 g/mol. The highest BCUT2D eigenvalue weighted by Crippen LogP contribution is 2.39. The van der Waals surface area contributed by atoms with Gasteiger partial charge in [-0.05, 0) is 55.0 Å². The zero-order valence-corrected chi connectivity index (χ0v) is 20.5. The molecule has 7 nitrogen and oxygen atoms in total. The molecule has 2 amide bonds. The average Bonchev–Trinajstić information content (AvgIpc) is 3.33.